The molecule has 1 heterocycles. The molecule has 0 radical (unpaired) electrons. The smallest absolute Gasteiger partial charge is 0.338 e. The number of carbonyl (C=O) groups is 3. The number of rotatable bonds is 7. The molecule has 0 aliphatic carbocycles. The minimum Gasteiger partial charge on any atom is -0.497 e. The SMILES string of the molecule is CCOC(=O)C1=C(COC(=O)CC)NC(=O)N[C@@H]1c1ccc(OC)cc1. The lowest BCUT2D eigenvalue weighted by atomic mass is 9.95. The topological polar surface area (TPSA) is 103 Å². The molecule has 0 saturated carbocycles. The van der Waals surface area contributed by atoms with Gasteiger partial charge in [-0.15, -0.1) is 0 Å². The van der Waals surface area contributed by atoms with Gasteiger partial charge in [-0.25, -0.2) is 9.59 Å². The van der Waals surface area contributed by atoms with Gasteiger partial charge >= 0.3 is 18.0 Å². The summed E-state index contributed by atoms with van der Waals surface area (Å²) in [5.74, 6) is -0.384. The fourth-order valence-corrected chi connectivity index (χ4v) is 2.48. The highest BCUT2D eigenvalue weighted by Crippen LogP contribution is 2.29. The van der Waals surface area contributed by atoms with Gasteiger partial charge in [0.1, 0.15) is 12.4 Å². The normalized spacial score (nSPS) is 16.4. The summed E-state index contributed by atoms with van der Waals surface area (Å²) in [7, 11) is 1.55. The molecule has 8 heteroatoms. The first-order chi connectivity index (χ1) is 12.5. The minimum atomic E-state index is -0.732. The highest BCUT2D eigenvalue weighted by Gasteiger charge is 2.34. The Balaban J connectivity index is 2.42. The number of hydrogen-bond donors (Lipinski definition) is 2. The maximum atomic E-state index is 12.5. The van der Waals surface area contributed by atoms with E-state index in [9.17, 15) is 14.4 Å². The number of esters is 2. The molecule has 1 aliphatic heterocycles. The van der Waals surface area contributed by atoms with Crippen molar-refractivity contribution >= 4 is 18.0 Å². The summed E-state index contributed by atoms with van der Waals surface area (Å²) in [6, 6.07) is 5.70. The molecule has 0 fully saturated rings. The van der Waals surface area contributed by atoms with Crippen LogP contribution < -0.4 is 15.4 Å². The number of methoxy groups -OCH3 is 1. The van der Waals surface area contributed by atoms with Crippen molar-refractivity contribution < 1.29 is 28.6 Å². The Kier molecular flexibility index (Phi) is 6.60. The maximum absolute atomic E-state index is 12.5. The molecule has 0 aromatic heterocycles. The third kappa shape index (κ3) is 4.53. The van der Waals surface area contributed by atoms with Crippen molar-refractivity contribution in [2.45, 2.75) is 26.3 Å². The van der Waals surface area contributed by atoms with E-state index < -0.39 is 24.0 Å². The highest BCUT2D eigenvalue weighted by molar-refractivity contribution is 5.95. The molecule has 2 N–H and O–H groups in total. The summed E-state index contributed by atoms with van der Waals surface area (Å²) >= 11 is 0. The van der Waals surface area contributed by atoms with Gasteiger partial charge in [0.05, 0.1) is 31.0 Å². The lowest BCUT2D eigenvalue weighted by molar-refractivity contribution is -0.143. The van der Waals surface area contributed by atoms with Crippen molar-refractivity contribution in [2.75, 3.05) is 20.3 Å². The summed E-state index contributed by atoms with van der Waals surface area (Å²) in [5.41, 5.74) is 1.07. The third-order valence-corrected chi connectivity index (χ3v) is 3.76. The monoisotopic (exact) mass is 362 g/mol. The van der Waals surface area contributed by atoms with Crippen LogP contribution in [0.15, 0.2) is 35.5 Å². The maximum Gasteiger partial charge on any atom is 0.338 e. The zero-order valence-electron chi connectivity index (χ0n) is 15.0. The van der Waals surface area contributed by atoms with Gasteiger partial charge in [0, 0.05) is 6.42 Å². The summed E-state index contributed by atoms with van der Waals surface area (Å²) < 4.78 is 15.3. The summed E-state index contributed by atoms with van der Waals surface area (Å²) in [5, 5.41) is 5.24. The third-order valence-electron chi connectivity index (χ3n) is 3.76. The second-order valence-electron chi connectivity index (χ2n) is 5.43. The lowest BCUT2D eigenvalue weighted by Gasteiger charge is -2.29. The second-order valence-corrected chi connectivity index (χ2v) is 5.43. The number of amides is 2. The van der Waals surface area contributed by atoms with Crippen LogP contribution in [0.4, 0.5) is 4.79 Å². The zero-order valence-corrected chi connectivity index (χ0v) is 15.0. The molecule has 8 nitrogen and oxygen atoms in total. The van der Waals surface area contributed by atoms with Gasteiger partial charge < -0.3 is 24.8 Å². The molecular formula is C18H22N2O6. The molecule has 26 heavy (non-hydrogen) atoms. The molecule has 0 unspecified atom stereocenters. The van der Waals surface area contributed by atoms with Crippen molar-refractivity contribution in [3.8, 4) is 5.75 Å². The van der Waals surface area contributed by atoms with Crippen LogP contribution in [-0.2, 0) is 19.1 Å². The van der Waals surface area contributed by atoms with Crippen LogP contribution in [0.5, 0.6) is 5.75 Å². The van der Waals surface area contributed by atoms with E-state index in [0.717, 1.165) is 0 Å². The average Bonchev–Trinajstić information content (AvgIpc) is 2.65. The first-order valence-corrected chi connectivity index (χ1v) is 8.27. The Bertz CT molecular complexity index is 711. The minimum absolute atomic E-state index is 0.174. The highest BCUT2D eigenvalue weighted by atomic mass is 16.5. The average molecular weight is 362 g/mol. The van der Waals surface area contributed by atoms with Crippen molar-refractivity contribution in [2.24, 2.45) is 0 Å². The molecule has 0 spiro atoms. The van der Waals surface area contributed by atoms with Gasteiger partial charge in [-0.2, -0.15) is 0 Å². The molecule has 0 bridgehead atoms. The molecule has 1 aromatic carbocycles. The molecule has 2 amide bonds. The Morgan fingerprint density at radius 3 is 2.38 bits per heavy atom. The Morgan fingerprint density at radius 1 is 1.12 bits per heavy atom. The van der Waals surface area contributed by atoms with Crippen LogP contribution >= 0.6 is 0 Å². The van der Waals surface area contributed by atoms with Gasteiger partial charge in [-0.1, -0.05) is 19.1 Å². The molecule has 1 aliphatic rings. The molecule has 140 valence electrons. The Labute approximate surface area is 151 Å². The first-order valence-electron chi connectivity index (χ1n) is 8.27. The van der Waals surface area contributed by atoms with Crippen molar-refractivity contribution in [3.05, 3.63) is 41.1 Å². The molecule has 2 rings (SSSR count). The largest absolute Gasteiger partial charge is 0.497 e. The predicted octanol–water partition coefficient (Wildman–Crippen LogP) is 1.82. The standard InChI is InChI=1S/C18H22N2O6/c1-4-14(21)26-10-13-15(17(22)25-5-2)16(20-18(23)19-13)11-6-8-12(24-3)9-7-11/h6-9,16H,4-5,10H2,1-3H3,(H2,19,20,23)/t16-/m1/s1. The Hall–Kier alpha value is -3.03. The lowest BCUT2D eigenvalue weighted by Crippen LogP contribution is -2.47. The second kappa shape index (κ2) is 8.89. The van der Waals surface area contributed by atoms with Gasteiger partial charge in [-0.05, 0) is 24.6 Å². The van der Waals surface area contributed by atoms with E-state index in [-0.39, 0.29) is 30.9 Å². The van der Waals surface area contributed by atoms with Crippen molar-refractivity contribution in [3.63, 3.8) is 0 Å². The summed E-state index contributed by atoms with van der Waals surface area (Å²) in [6.45, 7) is 3.30. The number of nitrogens with one attached hydrogen (secondary N) is 2. The van der Waals surface area contributed by atoms with E-state index >= 15 is 0 Å². The van der Waals surface area contributed by atoms with Gasteiger partial charge in [-0.3, -0.25) is 4.79 Å². The fourth-order valence-electron chi connectivity index (χ4n) is 2.48. The number of ether oxygens (including phenoxy) is 3. The fraction of sp³-hybridized carbons (Fsp3) is 0.389. The van der Waals surface area contributed by atoms with Crippen LogP contribution in [0, 0.1) is 0 Å². The van der Waals surface area contributed by atoms with Crippen LogP contribution in [0.25, 0.3) is 0 Å². The summed E-state index contributed by atoms with van der Waals surface area (Å²) in [4.78, 5) is 36.0. The Morgan fingerprint density at radius 2 is 1.81 bits per heavy atom. The van der Waals surface area contributed by atoms with Crippen LogP contribution in [0.1, 0.15) is 31.9 Å². The van der Waals surface area contributed by atoms with E-state index in [1.54, 1.807) is 45.2 Å². The molecule has 1 aromatic rings. The number of benzene rings is 1. The van der Waals surface area contributed by atoms with Crippen LogP contribution in [0.3, 0.4) is 0 Å². The van der Waals surface area contributed by atoms with E-state index in [1.807, 2.05) is 0 Å². The van der Waals surface area contributed by atoms with Crippen LogP contribution in [-0.4, -0.2) is 38.3 Å². The van der Waals surface area contributed by atoms with E-state index in [1.165, 1.54) is 0 Å². The summed E-state index contributed by atoms with van der Waals surface area (Å²) in [6.07, 6.45) is 0.191. The van der Waals surface area contributed by atoms with Crippen molar-refractivity contribution in [1.29, 1.82) is 0 Å². The number of hydrogen-bond acceptors (Lipinski definition) is 6. The van der Waals surface area contributed by atoms with E-state index in [0.29, 0.717) is 11.3 Å². The van der Waals surface area contributed by atoms with Crippen LogP contribution in [0.2, 0.25) is 0 Å². The zero-order chi connectivity index (χ0) is 19.1. The predicted molar refractivity (Wildman–Crippen MR) is 92.3 cm³/mol. The molecule has 0 saturated heterocycles. The number of urea groups is 1. The van der Waals surface area contributed by atoms with Crippen molar-refractivity contribution in [1.82, 2.24) is 10.6 Å². The van der Waals surface area contributed by atoms with Gasteiger partial charge in [0.25, 0.3) is 0 Å². The first kappa shape index (κ1) is 19.3. The number of carbonyl (C=O) groups excluding carboxylic acids is 3. The quantitative estimate of drug-likeness (QED) is 0.717. The van der Waals surface area contributed by atoms with E-state index in [4.69, 9.17) is 14.2 Å². The molecule has 1 atom stereocenters. The van der Waals surface area contributed by atoms with E-state index in [2.05, 4.69) is 10.6 Å². The molecular weight excluding hydrogens is 340 g/mol. The van der Waals surface area contributed by atoms with Gasteiger partial charge in [0.15, 0.2) is 0 Å². The van der Waals surface area contributed by atoms with Gasteiger partial charge in [0.2, 0.25) is 0 Å².